The highest BCUT2D eigenvalue weighted by Crippen LogP contribution is 2.29. The first kappa shape index (κ1) is 18.8. The minimum Gasteiger partial charge on any atom is -0.456 e. The third kappa shape index (κ3) is 5.26. The number of aryl methyl sites for hydroxylation is 1. The van der Waals surface area contributed by atoms with E-state index in [1.165, 1.54) is 5.56 Å². The van der Waals surface area contributed by atoms with Gasteiger partial charge in [0.2, 0.25) is 0 Å². The molecular weight excluding hydrogens is 342 g/mol. The van der Waals surface area contributed by atoms with Crippen molar-refractivity contribution < 1.29 is 19.1 Å². The lowest BCUT2D eigenvalue weighted by molar-refractivity contribution is -0.148. The van der Waals surface area contributed by atoms with Crippen LogP contribution in [0.25, 0.3) is 0 Å². The van der Waals surface area contributed by atoms with E-state index in [1.807, 2.05) is 24.3 Å². The van der Waals surface area contributed by atoms with E-state index in [-0.39, 0.29) is 37.2 Å². The second-order valence-corrected chi connectivity index (χ2v) is 6.66. The van der Waals surface area contributed by atoms with E-state index in [9.17, 15) is 14.4 Å². The molecule has 0 bridgehead atoms. The van der Waals surface area contributed by atoms with Crippen LogP contribution in [0, 0.1) is 0 Å². The summed E-state index contributed by atoms with van der Waals surface area (Å²) in [5, 5.41) is 2.94. The maximum absolute atomic E-state index is 12.1. The number of amides is 1. The van der Waals surface area contributed by atoms with E-state index in [0.29, 0.717) is 5.56 Å². The van der Waals surface area contributed by atoms with Crippen LogP contribution >= 0.6 is 0 Å². The van der Waals surface area contributed by atoms with Crippen LogP contribution in [0.5, 0.6) is 0 Å². The van der Waals surface area contributed by atoms with Gasteiger partial charge in [-0.15, -0.1) is 0 Å². The first-order chi connectivity index (χ1) is 13.1. The van der Waals surface area contributed by atoms with Gasteiger partial charge in [0.05, 0.1) is 12.5 Å². The molecule has 1 aliphatic carbocycles. The van der Waals surface area contributed by atoms with E-state index in [1.54, 1.807) is 24.3 Å². The van der Waals surface area contributed by atoms with Gasteiger partial charge in [-0.05, 0) is 30.4 Å². The average molecular weight is 365 g/mol. The van der Waals surface area contributed by atoms with Gasteiger partial charge in [-0.1, -0.05) is 54.6 Å². The quantitative estimate of drug-likeness (QED) is 0.603. The number of esters is 1. The van der Waals surface area contributed by atoms with Crippen molar-refractivity contribution in [1.29, 1.82) is 0 Å². The molecule has 2 aromatic rings. The highest BCUT2D eigenvalue weighted by Gasteiger charge is 2.21. The number of fused-ring (bicyclic) bond motifs is 1. The number of nitrogens with one attached hydrogen (secondary N) is 1. The van der Waals surface area contributed by atoms with Gasteiger partial charge in [0.15, 0.2) is 12.4 Å². The number of Topliss-reactive ketones (excluding diaryl/α,β-unsaturated/α-hetero) is 1. The lowest BCUT2D eigenvalue weighted by Gasteiger charge is -2.26. The van der Waals surface area contributed by atoms with Gasteiger partial charge in [0.25, 0.3) is 5.91 Å². The number of carbonyl (C=O) groups is 3. The molecule has 1 atom stereocenters. The first-order valence-electron chi connectivity index (χ1n) is 9.24. The van der Waals surface area contributed by atoms with Gasteiger partial charge < -0.3 is 10.1 Å². The van der Waals surface area contributed by atoms with Crippen LogP contribution in [0.1, 0.15) is 53.2 Å². The molecule has 5 heteroatoms. The zero-order valence-electron chi connectivity index (χ0n) is 15.1. The standard InChI is InChI=1S/C22H23NO4/c24-20(17-8-2-1-3-9-17)13-14-22(26)27-15-21(25)23-19-12-6-10-16-7-4-5-11-18(16)19/h1-5,7-9,11,19H,6,10,12-15H2,(H,23,25)/t19-/m1/s1. The van der Waals surface area contributed by atoms with Crippen LogP contribution in [0.3, 0.4) is 0 Å². The third-order valence-electron chi connectivity index (χ3n) is 4.72. The summed E-state index contributed by atoms with van der Waals surface area (Å²) >= 11 is 0. The Labute approximate surface area is 158 Å². The number of carbonyl (C=O) groups excluding carboxylic acids is 3. The fraction of sp³-hybridized carbons (Fsp3) is 0.318. The van der Waals surface area contributed by atoms with Gasteiger partial charge in [0.1, 0.15) is 0 Å². The molecule has 0 heterocycles. The number of hydrogen-bond donors (Lipinski definition) is 1. The molecule has 140 valence electrons. The molecule has 5 nitrogen and oxygen atoms in total. The van der Waals surface area contributed by atoms with Gasteiger partial charge >= 0.3 is 5.97 Å². The lowest BCUT2D eigenvalue weighted by Crippen LogP contribution is -2.34. The highest BCUT2D eigenvalue weighted by atomic mass is 16.5. The average Bonchev–Trinajstić information content (AvgIpc) is 2.71. The predicted molar refractivity (Wildman–Crippen MR) is 101 cm³/mol. The van der Waals surface area contributed by atoms with Crippen LogP contribution in [-0.4, -0.2) is 24.3 Å². The fourth-order valence-corrected chi connectivity index (χ4v) is 3.34. The summed E-state index contributed by atoms with van der Waals surface area (Å²) in [7, 11) is 0. The summed E-state index contributed by atoms with van der Waals surface area (Å²) in [6, 6.07) is 16.8. The summed E-state index contributed by atoms with van der Waals surface area (Å²) in [5.74, 6) is -0.978. The number of benzene rings is 2. The largest absolute Gasteiger partial charge is 0.456 e. The fourth-order valence-electron chi connectivity index (χ4n) is 3.34. The molecule has 3 rings (SSSR count). The predicted octanol–water partition coefficient (Wildman–Crippen LogP) is 3.39. The highest BCUT2D eigenvalue weighted by molar-refractivity contribution is 5.97. The van der Waals surface area contributed by atoms with Crippen LogP contribution in [0.2, 0.25) is 0 Å². The summed E-state index contributed by atoms with van der Waals surface area (Å²) in [5.41, 5.74) is 2.96. The van der Waals surface area contributed by atoms with E-state index in [4.69, 9.17) is 4.74 Å². The lowest BCUT2D eigenvalue weighted by atomic mass is 9.88. The van der Waals surface area contributed by atoms with Gasteiger partial charge in [-0.25, -0.2) is 0 Å². The van der Waals surface area contributed by atoms with Crippen molar-refractivity contribution in [3.05, 3.63) is 71.3 Å². The first-order valence-corrected chi connectivity index (χ1v) is 9.24. The van der Waals surface area contributed by atoms with Gasteiger partial charge in [-0.2, -0.15) is 0 Å². The molecule has 0 unspecified atom stereocenters. The molecule has 1 amide bonds. The van der Waals surface area contributed by atoms with Crippen molar-refractivity contribution in [2.45, 2.75) is 38.1 Å². The molecule has 0 saturated carbocycles. The molecule has 0 aliphatic heterocycles. The minimum absolute atomic E-state index is 0.0345. The number of rotatable bonds is 7. The molecular formula is C22H23NO4. The van der Waals surface area contributed by atoms with E-state index in [2.05, 4.69) is 11.4 Å². The Hall–Kier alpha value is -2.95. The van der Waals surface area contributed by atoms with Crippen molar-refractivity contribution >= 4 is 17.7 Å². The monoisotopic (exact) mass is 365 g/mol. The summed E-state index contributed by atoms with van der Waals surface area (Å²) in [6.45, 7) is -0.322. The van der Waals surface area contributed by atoms with Crippen molar-refractivity contribution in [2.24, 2.45) is 0 Å². The van der Waals surface area contributed by atoms with Crippen molar-refractivity contribution in [2.75, 3.05) is 6.61 Å². The molecule has 0 fully saturated rings. The normalized spacial score (nSPS) is 15.5. The van der Waals surface area contributed by atoms with Crippen molar-refractivity contribution in [3.8, 4) is 0 Å². The molecule has 0 saturated heterocycles. The van der Waals surface area contributed by atoms with E-state index in [0.717, 1.165) is 24.8 Å². The van der Waals surface area contributed by atoms with Crippen LogP contribution in [0.4, 0.5) is 0 Å². The zero-order chi connectivity index (χ0) is 19.1. The van der Waals surface area contributed by atoms with Gasteiger partial charge in [-0.3, -0.25) is 14.4 Å². The maximum atomic E-state index is 12.1. The molecule has 27 heavy (non-hydrogen) atoms. The van der Waals surface area contributed by atoms with Crippen LogP contribution in [0.15, 0.2) is 54.6 Å². The van der Waals surface area contributed by atoms with E-state index >= 15 is 0 Å². The molecule has 0 radical (unpaired) electrons. The molecule has 0 spiro atoms. The minimum atomic E-state index is -0.543. The number of ether oxygens (including phenoxy) is 1. The maximum Gasteiger partial charge on any atom is 0.306 e. The second-order valence-electron chi connectivity index (χ2n) is 6.66. The third-order valence-corrected chi connectivity index (χ3v) is 4.72. The van der Waals surface area contributed by atoms with Crippen molar-refractivity contribution in [3.63, 3.8) is 0 Å². The second kappa shape index (κ2) is 9.12. The zero-order valence-corrected chi connectivity index (χ0v) is 15.1. The summed E-state index contributed by atoms with van der Waals surface area (Å²) in [6.07, 6.45) is 2.95. The molecule has 2 aromatic carbocycles. The van der Waals surface area contributed by atoms with Crippen LogP contribution < -0.4 is 5.32 Å². The number of ketones is 1. The summed E-state index contributed by atoms with van der Waals surface area (Å²) < 4.78 is 5.02. The Bertz CT molecular complexity index is 816. The number of hydrogen-bond acceptors (Lipinski definition) is 4. The Balaban J connectivity index is 1.42. The Kier molecular flexibility index (Phi) is 6.36. The molecule has 1 aliphatic rings. The summed E-state index contributed by atoms with van der Waals surface area (Å²) in [4.78, 5) is 35.9. The van der Waals surface area contributed by atoms with Crippen LogP contribution in [-0.2, 0) is 20.7 Å². The Morgan fingerprint density at radius 1 is 0.963 bits per heavy atom. The Morgan fingerprint density at radius 3 is 2.52 bits per heavy atom. The van der Waals surface area contributed by atoms with Gasteiger partial charge in [0, 0.05) is 12.0 Å². The smallest absolute Gasteiger partial charge is 0.306 e. The Morgan fingerprint density at radius 2 is 1.70 bits per heavy atom. The topological polar surface area (TPSA) is 72.5 Å². The SMILES string of the molecule is O=C(COC(=O)CCC(=O)c1ccccc1)N[C@@H]1CCCc2ccccc21. The van der Waals surface area contributed by atoms with Crippen molar-refractivity contribution in [1.82, 2.24) is 5.32 Å². The van der Waals surface area contributed by atoms with E-state index < -0.39 is 5.97 Å². The molecule has 0 aromatic heterocycles. The molecule has 1 N–H and O–H groups in total.